The molecule has 2 N–H and O–H groups in total. The van der Waals surface area contributed by atoms with Crippen LogP contribution in [0.1, 0.15) is 37.1 Å². The van der Waals surface area contributed by atoms with Gasteiger partial charge in [0.25, 0.3) is 0 Å². The summed E-state index contributed by atoms with van der Waals surface area (Å²) >= 11 is 0. The number of rotatable bonds is 4. The molecule has 0 unspecified atom stereocenters. The van der Waals surface area contributed by atoms with E-state index in [1.807, 2.05) is 6.92 Å². The van der Waals surface area contributed by atoms with Crippen molar-refractivity contribution in [3.63, 3.8) is 0 Å². The normalized spacial score (nSPS) is 19.6. The van der Waals surface area contributed by atoms with Crippen molar-refractivity contribution in [3.05, 3.63) is 11.4 Å². The highest BCUT2D eigenvalue weighted by atomic mass is 16.6. The molecule has 0 saturated heterocycles. The minimum Gasteiger partial charge on any atom is -0.373 e. The summed E-state index contributed by atoms with van der Waals surface area (Å²) in [4.78, 5) is 0. The van der Waals surface area contributed by atoms with Crippen molar-refractivity contribution in [1.82, 2.24) is 10.3 Å². The van der Waals surface area contributed by atoms with Gasteiger partial charge in [0.2, 0.25) is 0 Å². The second kappa shape index (κ2) is 4.28. The highest BCUT2D eigenvalue weighted by Crippen LogP contribution is 2.27. The quantitative estimate of drug-likeness (QED) is 0.809. The summed E-state index contributed by atoms with van der Waals surface area (Å²) in [5.74, 6) is 0. The van der Waals surface area contributed by atoms with Crippen molar-refractivity contribution >= 4 is 0 Å². The number of nitrogens with zero attached hydrogens (tertiary/aromatic N) is 2. The summed E-state index contributed by atoms with van der Waals surface area (Å²) in [7, 11) is 0. The van der Waals surface area contributed by atoms with Crippen LogP contribution in [0.5, 0.6) is 0 Å². The summed E-state index contributed by atoms with van der Waals surface area (Å²) in [6.07, 6.45) is 4.54. The molecular weight excluding hydrogens is 194 g/mol. The molecule has 5 nitrogen and oxygen atoms in total. The van der Waals surface area contributed by atoms with Gasteiger partial charge in [0.05, 0.1) is 13.2 Å². The molecule has 5 heteroatoms. The molecule has 2 rings (SSSR count). The first-order valence-electron chi connectivity index (χ1n) is 5.34. The zero-order chi connectivity index (χ0) is 10.7. The molecule has 0 spiro atoms. The maximum Gasteiger partial charge on any atom is 0.133 e. The molecule has 1 aromatic rings. The molecule has 0 atom stereocenters. The first-order chi connectivity index (χ1) is 7.20. The number of ether oxygens (including phenoxy) is 1. The van der Waals surface area contributed by atoms with Gasteiger partial charge in [0.1, 0.15) is 11.4 Å². The standard InChI is InChI=1S/C10H17N3O2/c1-8-9(13-15-12-8)6-14-7-10(11)4-2-3-5-10/h2-7,11H2,1H3. The first kappa shape index (κ1) is 10.6. The van der Waals surface area contributed by atoms with Crippen molar-refractivity contribution in [2.45, 2.75) is 44.8 Å². The minimum atomic E-state index is -0.120. The van der Waals surface area contributed by atoms with E-state index < -0.39 is 0 Å². The van der Waals surface area contributed by atoms with E-state index in [2.05, 4.69) is 14.9 Å². The van der Waals surface area contributed by atoms with E-state index in [1.165, 1.54) is 12.8 Å². The first-order valence-corrected chi connectivity index (χ1v) is 5.34. The fourth-order valence-corrected chi connectivity index (χ4v) is 1.95. The number of hydrogen-bond donors (Lipinski definition) is 1. The van der Waals surface area contributed by atoms with Crippen molar-refractivity contribution in [2.75, 3.05) is 6.61 Å². The molecule has 84 valence electrons. The van der Waals surface area contributed by atoms with Crippen molar-refractivity contribution in [3.8, 4) is 0 Å². The van der Waals surface area contributed by atoms with Crippen molar-refractivity contribution < 1.29 is 9.37 Å². The van der Waals surface area contributed by atoms with Gasteiger partial charge >= 0.3 is 0 Å². The molecule has 1 aliphatic carbocycles. The van der Waals surface area contributed by atoms with Gasteiger partial charge in [0, 0.05) is 5.54 Å². The number of nitrogens with two attached hydrogens (primary N) is 1. The lowest BCUT2D eigenvalue weighted by molar-refractivity contribution is 0.0711. The number of aromatic nitrogens is 2. The SMILES string of the molecule is Cc1nonc1COCC1(N)CCCC1. The Labute approximate surface area is 88.9 Å². The topological polar surface area (TPSA) is 74.2 Å². The lowest BCUT2D eigenvalue weighted by Gasteiger charge is -2.22. The van der Waals surface area contributed by atoms with E-state index in [4.69, 9.17) is 10.5 Å². The predicted molar refractivity (Wildman–Crippen MR) is 54.1 cm³/mol. The summed E-state index contributed by atoms with van der Waals surface area (Å²) in [5, 5.41) is 7.44. The third-order valence-corrected chi connectivity index (χ3v) is 2.97. The molecule has 0 radical (unpaired) electrons. The lowest BCUT2D eigenvalue weighted by Crippen LogP contribution is -2.41. The van der Waals surface area contributed by atoms with Gasteiger partial charge < -0.3 is 10.5 Å². The lowest BCUT2D eigenvalue weighted by atomic mass is 10.0. The molecule has 1 heterocycles. The Morgan fingerprint density at radius 2 is 2.13 bits per heavy atom. The number of aryl methyl sites for hydroxylation is 1. The highest BCUT2D eigenvalue weighted by Gasteiger charge is 2.29. The Hall–Kier alpha value is -0.940. The Morgan fingerprint density at radius 3 is 2.73 bits per heavy atom. The van der Waals surface area contributed by atoms with Crippen LogP contribution < -0.4 is 5.73 Å². The fraction of sp³-hybridized carbons (Fsp3) is 0.800. The summed E-state index contributed by atoms with van der Waals surface area (Å²) in [6.45, 7) is 2.89. The molecule has 0 amide bonds. The van der Waals surface area contributed by atoms with Crippen LogP contribution in [0.25, 0.3) is 0 Å². The fourth-order valence-electron chi connectivity index (χ4n) is 1.95. The van der Waals surface area contributed by atoms with Crippen LogP contribution in [0, 0.1) is 6.92 Å². The minimum absolute atomic E-state index is 0.120. The molecule has 0 bridgehead atoms. The Morgan fingerprint density at radius 1 is 1.40 bits per heavy atom. The maximum atomic E-state index is 6.15. The maximum absolute atomic E-state index is 6.15. The average Bonchev–Trinajstić information content (AvgIpc) is 2.78. The zero-order valence-corrected chi connectivity index (χ0v) is 9.03. The third kappa shape index (κ3) is 2.54. The van der Waals surface area contributed by atoms with Crippen LogP contribution >= 0.6 is 0 Å². The molecular formula is C10H17N3O2. The highest BCUT2D eigenvalue weighted by molar-refractivity contribution is 5.02. The Bertz CT molecular complexity index is 318. The molecule has 0 aliphatic heterocycles. The van der Waals surface area contributed by atoms with E-state index in [1.54, 1.807) is 0 Å². The van der Waals surface area contributed by atoms with Gasteiger partial charge in [-0.05, 0) is 19.8 Å². The van der Waals surface area contributed by atoms with Crippen LogP contribution in [-0.2, 0) is 11.3 Å². The van der Waals surface area contributed by atoms with E-state index in [9.17, 15) is 0 Å². The van der Waals surface area contributed by atoms with Crippen molar-refractivity contribution in [1.29, 1.82) is 0 Å². The zero-order valence-electron chi connectivity index (χ0n) is 9.03. The molecule has 1 aliphatic rings. The average molecular weight is 211 g/mol. The van der Waals surface area contributed by atoms with E-state index in [0.29, 0.717) is 13.2 Å². The molecule has 1 aromatic heterocycles. The second-order valence-electron chi connectivity index (χ2n) is 4.36. The predicted octanol–water partition coefficient (Wildman–Crippen LogP) is 1.17. The van der Waals surface area contributed by atoms with Gasteiger partial charge in [-0.15, -0.1) is 0 Å². The van der Waals surface area contributed by atoms with E-state index >= 15 is 0 Å². The van der Waals surface area contributed by atoms with Crippen LogP contribution in [0.4, 0.5) is 0 Å². The third-order valence-electron chi connectivity index (χ3n) is 2.97. The molecule has 1 saturated carbocycles. The summed E-state index contributed by atoms with van der Waals surface area (Å²) in [6, 6.07) is 0. The Balaban J connectivity index is 1.77. The molecule has 0 aromatic carbocycles. The number of hydrogen-bond acceptors (Lipinski definition) is 5. The summed E-state index contributed by atoms with van der Waals surface area (Å²) in [5.41, 5.74) is 7.58. The largest absolute Gasteiger partial charge is 0.373 e. The van der Waals surface area contributed by atoms with Crippen LogP contribution in [-0.4, -0.2) is 22.5 Å². The van der Waals surface area contributed by atoms with Crippen LogP contribution in [0.3, 0.4) is 0 Å². The van der Waals surface area contributed by atoms with Gasteiger partial charge in [0.15, 0.2) is 0 Å². The van der Waals surface area contributed by atoms with E-state index in [0.717, 1.165) is 24.2 Å². The smallest absolute Gasteiger partial charge is 0.133 e. The monoisotopic (exact) mass is 211 g/mol. The molecule has 15 heavy (non-hydrogen) atoms. The second-order valence-corrected chi connectivity index (χ2v) is 4.36. The molecule has 1 fully saturated rings. The Kier molecular flexibility index (Phi) is 3.02. The summed E-state index contributed by atoms with van der Waals surface area (Å²) < 4.78 is 10.1. The van der Waals surface area contributed by atoms with Gasteiger partial charge in [-0.2, -0.15) is 0 Å². The van der Waals surface area contributed by atoms with E-state index in [-0.39, 0.29) is 5.54 Å². The van der Waals surface area contributed by atoms with Crippen molar-refractivity contribution in [2.24, 2.45) is 5.73 Å². The van der Waals surface area contributed by atoms with Gasteiger partial charge in [-0.25, -0.2) is 4.63 Å². The van der Waals surface area contributed by atoms with Crippen LogP contribution in [0.15, 0.2) is 4.63 Å². The van der Waals surface area contributed by atoms with Crippen LogP contribution in [0.2, 0.25) is 0 Å². The van der Waals surface area contributed by atoms with Gasteiger partial charge in [-0.3, -0.25) is 0 Å². The van der Waals surface area contributed by atoms with Gasteiger partial charge in [-0.1, -0.05) is 23.2 Å².